The second-order valence-corrected chi connectivity index (χ2v) is 16.7. The largest absolute Gasteiger partial charge is 0.444 e. The standard InChI is InChI=1S/2C10H21NO2.C6H15N.C5H13N.ClH/c2*1-9(2,3)7-11-8(12)13-10(4,5)6;1-6(2,3)5-7-4;1-5(2,3)4-6;/h2*7H2,1-6H3,(H,11,12);7H,5H2,1-4H3;4,6H2,1-3H3;1H. The summed E-state index contributed by atoms with van der Waals surface area (Å²) in [5.74, 6) is 0. The third-order valence-electron chi connectivity index (χ3n) is 3.64. The second kappa shape index (κ2) is 20.6. The molecule has 246 valence electrons. The molecule has 0 saturated heterocycles. The molecular weight excluding hydrogens is 528 g/mol. The van der Waals surface area contributed by atoms with Gasteiger partial charge < -0.3 is 31.2 Å². The highest BCUT2D eigenvalue weighted by atomic mass is 35.5. The number of carbonyl (C=O) groups excluding carboxylic acids is 2. The minimum Gasteiger partial charge on any atom is -0.444 e. The highest BCUT2D eigenvalue weighted by molar-refractivity contribution is 5.85. The summed E-state index contributed by atoms with van der Waals surface area (Å²) < 4.78 is 10.2. The summed E-state index contributed by atoms with van der Waals surface area (Å²) in [6.45, 7) is 39.6. The zero-order valence-corrected chi connectivity index (χ0v) is 30.8. The number of carbonyl (C=O) groups is 2. The fraction of sp³-hybridized carbons (Fsp3) is 0.935. The van der Waals surface area contributed by atoms with E-state index in [0.717, 1.165) is 13.1 Å². The number of rotatable bonds is 3. The van der Waals surface area contributed by atoms with Crippen molar-refractivity contribution < 1.29 is 19.1 Å². The third kappa shape index (κ3) is 61.0. The Morgan fingerprint density at radius 2 is 0.750 bits per heavy atom. The van der Waals surface area contributed by atoms with Gasteiger partial charge in [0.05, 0.1) is 0 Å². The minimum atomic E-state index is -0.415. The molecule has 0 aliphatic rings. The molecule has 0 heterocycles. The zero-order valence-electron chi connectivity index (χ0n) is 29.9. The van der Waals surface area contributed by atoms with Gasteiger partial charge in [-0.05, 0) is 83.3 Å². The molecule has 0 rings (SSSR count). The van der Waals surface area contributed by atoms with E-state index in [4.69, 9.17) is 15.2 Å². The van der Waals surface area contributed by atoms with Gasteiger partial charge in [-0.15, -0.1) is 12.4 Å². The van der Waals surface area contributed by atoms with E-state index in [1.54, 1.807) is 0 Å². The number of halogens is 1. The molecule has 2 amide bonds. The van der Waals surface area contributed by atoms with Crippen LogP contribution in [0.3, 0.4) is 0 Å². The van der Waals surface area contributed by atoms with Crippen LogP contribution in [0.4, 0.5) is 9.59 Å². The first-order chi connectivity index (χ1) is 16.8. The number of hydrogen-bond donors (Lipinski definition) is 4. The van der Waals surface area contributed by atoms with Gasteiger partial charge in [0.2, 0.25) is 0 Å². The van der Waals surface area contributed by atoms with Crippen LogP contribution < -0.4 is 21.7 Å². The minimum absolute atomic E-state index is 0. The predicted molar refractivity (Wildman–Crippen MR) is 177 cm³/mol. The third-order valence-corrected chi connectivity index (χ3v) is 3.64. The van der Waals surface area contributed by atoms with E-state index >= 15 is 0 Å². The van der Waals surface area contributed by atoms with Crippen molar-refractivity contribution in [2.75, 3.05) is 33.2 Å². The lowest BCUT2D eigenvalue weighted by atomic mass is 9.97. The van der Waals surface area contributed by atoms with Crippen molar-refractivity contribution in [2.45, 2.75) is 136 Å². The molecule has 8 nitrogen and oxygen atoms in total. The Bertz CT molecular complexity index is 601. The number of hydrogen-bond acceptors (Lipinski definition) is 6. The van der Waals surface area contributed by atoms with Crippen LogP contribution in [0.1, 0.15) is 125 Å². The molecule has 0 fully saturated rings. The molecule has 0 aromatic rings. The van der Waals surface area contributed by atoms with Crippen LogP contribution in [0.5, 0.6) is 0 Å². The molecule has 0 unspecified atom stereocenters. The van der Waals surface area contributed by atoms with Crippen LogP contribution >= 0.6 is 12.4 Å². The molecule has 0 aliphatic heterocycles. The van der Waals surface area contributed by atoms with E-state index in [9.17, 15) is 9.59 Å². The Hall–Kier alpha value is -1.25. The lowest BCUT2D eigenvalue weighted by Gasteiger charge is -2.23. The summed E-state index contributed by atoms with van der Waals surface area (Å²) in [4.78, 5) is 22.3. The van der Waals surface area contributed by atoms with E-state index in [0.29, 0.717) is 23.9 Å². The van der Waals surface area contributed by atoms with Crippen LogP contribution in [0.2, 0.25) is 0 Å². The lowest BCUT2D eigenvalue weighted by molar-refractivity contribution is 0.0499. The summed E-state index contributed by atoms with van der Waals surface area (Å²) >= 11 is 0. The van der Waals surface area contributed by atoms with Crippen LogP contribution in [-0.2, 0) is 9.47 Å². The monoisotopic (exact) mass is 599 g/mol. The smallest absolute Gasteiger partial charge is 0.407 e. The highest BCUT2D eigenvalue weighted by Crippen LogP contribution is 2.13. The summed E-state index contributed by atoms with van der Waals surface area (Å²) in [5.41, 5.74) is 5.42. The van der Waals surface area contributed by atoms with Crippen LogP contribution in [0.15, 0.2) is 0 Å². The van der Waals surface area contributed by atoms with Gasteiger partial charge in [-0.25, -0.2) is 9.59 Å². The van der Waals surface area contributed by atoms with Crippen LogP contribution in [0.25, 0.3) is 0 Å². The maximum atomic E-state index is 11.2. The Morgan fingerprint density at radius 3 is 0.850 bits per heavy atom. The van der Waals surface area contributed by atoms with E-state index in [2.05, 4.69) is 99.0 Å². The molecule has 0 aromatic heterocycles. The molecular formula is C31H71ClN4O4. The maximum Gasteiger partial charge on any atom is 0.407 e. The van der Waals surface area contributed by atoms with Crippen molar-refractivity contribution in [1.82, 2.24) is 16.0 Å². The number of nitrogens with two attached hydrogens (primary N) is 1. The van der Waals surface area contributed by atoms with E-state index < -0.39 is 11.2 Å². The van der Waals surface area contributed by atoms with Gasteiger partial charge in [0.25, 0.3) is 0 Å². The van der Waals surface area contributed by atoms with Crippen molar-refractivity contribution in [3.63, 3.8) is 0 Å². The molecule has 0 bridgehead atoms. The first kappa shape index (κ1) is 48.5. The van der Waals surface area contributed by atoms with Crippen LogP contribution in [-0.4, -0.2) is 56.6 Å². The first-order valence-electron chi connectivity index (χ1n) is 14.1. The molecule has 5 N–H and O–H groups in total. The Morgan fingerprint density at radius 1 is 0.525 bits per heavy atom. The number of ether oxygens (including phenoxy) is 2. The number of amides is 2. The summed E-state index contributed by atoms with van der Waals surface area (Å²) in [7, 11) is 1.98. The van der Waals surface area contributed by atoms with E-state index in [1.807, 2.05) is 48.6 Å². The lowest BCUT2D eigenvalue weighted by Crippen LogP contribution is -2.37. The number of nitrogens with one attached hydrogen (secondary N) is 3. The zero-order chi connectivity index (χ0) is 32.5. The first-order valence-corrected chi connectivity index (χ1v) is 14.1. The molecule has 9 heteroatoms. The van der Waals surface area contributed by atoms with Gasteiger partial charge in [-0.1, -0.05) is 83.1 Å². The normalized spacial score (nSPS) is 12.0. The summed E-state index contributed by atoms with van der Waals surface area (Å²) in [6.07, 6.45) is -0.690. The molecule has 0 aliphatic carbocycles. The summed E-state index contributed by atoms with van der Waals surface area (Å²) in [5, 5.41) is 8.54. The molecule has 0 saturated carbocycles. The van der Waals surface area contributed by atoms with Gasteiger partial charge in [-0.3, -0.25) is 0 Å². The molecule has 0 radical (unpaired) electrons. The highest BCUT2D eigenvalue weighted by Gasteiger charge is 2.19. The van der Waals surface area contributed by atoms with Crippen molar-refractivity contribution >= 4 is 24.6 Å². The van der Waals surface area contributed by atoms with Crippen molar-refractivity contribution in [1.29, 1.82) is 0 Å². The van der Waals surface area contributed by atoms with Crippen LogP contribution in [0, 0.1) is 21.7 Å². The maximum absolute atomic E-state index is 11.2. The second-order valence-electron chi connectivity index (χ2n) is 16.7. The number of alkyl carbamates (subject to hydrolysis) is 2. The summed E-state index contributed by atoms with van der Waals surface area (Å²) in [6, 6.07) is 0. The average molecular weight is 599 g/mol. The van der Waals surface area contributed by atoms with Crippen molar-refractivity contribution in [3.8, 4) is 0 Å². The molecule has 40 heavy (non-hydrogen) atoms. The van der Waals surface area contributed by atoms with Gasteiger partial charge >= 0.3 is 12.2 Å². The quantitative estimate of drug-likeness (QED) is 0.264. The van der Waals surface area contributed by atoms with Gasteiger partial charge in [0.1, 0.15) is 11.2 Å². The topological polar surface area (TPSA) is 115 Å². The SMILES string of the molecule is CC(C)(C)CN.CC(C)(C)CNC(=O)OC(C)(C)C.CC(C)(C)CNC(=O)OC(C)(C)C.CNCC(C)(C)C.Cl. The fourth-order valence-corrected chi connectivity index (χ4v) is 1.83. The van der Waals surface area contributed by atoms with E-state index in [-0.39, 0.29) is 35.4 Å². The van der Waals surface area contributed by atoms with Gasteiger partial charge in [-0.2, -0.15) is 0 Å². The molecule has 0 atom stereocenters. The van der Waals surface area contributed by atoms with Gasteiger partial charge in [0.15, 0.2) is 0 Å². The van der Waals surface area contributed by atoms with Crippen molar-refractivity contribution in [2.24, 2.45) is 27.4 Å². The Labute approximate surface area is 255 Å². The fourth-order valence-electron chi connectivity index (χ4n) is 1.83. The Kier molecular flexibility index (Phi) is 25.0. The molecule has 0 spiro atoms. The predicted octanol–water partition coefficient (Wildman–Crippen LogP) is 7.78. The average Bonchev–Trinajstić information content (AvgIpc) is 2.61. The van der Waals surface area contributed by atoms with Crippen molar-refractivity contribution in [3.05, 3.63) is 0 Å². The Balaban J connectivity index is -0.000000142. The molecule has 0 aromatic carbocycles. The van der Waals surface area contributed by atoms with Gasteiger partial charge in [0, 0.05) is 13.1 Å². The van der Waals surface area contributed by atoms with E-state index in [1.165, 1.54) is 0 Å².